The average molecular weight is 329 g/mol. The van der Waals surface area contributed by atoms with Gasteiger partial charge in [0.25, 0.3) is 5.91 Å². The van der Waals surface area contributed by atoms with Gasteiger partial charge in [-0.15, -0.1) is 11.3 Å². The van der Waals surface area contributed by atoms with E-state index in [9.17, 15) is 14.7 Å². The Hall–Kier alpha value is -3.00. The first-order valence-corrected chi connectivity index (χ1v) is 7.42. The maximum absolute atomic E-state index is 11.9. The predicted octanol–water partition coefficient (Wildman–Crippen LogP) is 1.88. The molecule has 1 amide bonds. The minimum absolute atomic E-state index is 0.247. The van der Waals surface area contributed by atoms with Crippen molar-refractivity contribution in [3.05, 3.63) is 42.2 Å². The number of nitrogens with zero attached hydrogens (tertiary/aromatic N) is 2. The molecule has 0 saturated heterocycles. The topological polar surface area (TPSA) is 112 Å². The highest BCUT2D eigenvalue weighted by Crippen LogP contribution is 2.35. The number of carboxylic acid groups (broad SMARTS) is 1. The summed E-state index contributed by atoms with van der Waals surface area (Å²) in [5.41, 5.74) is 0.915. The molecule has 0 bridgehead atoms. The number of nitrogens with one attached hydrogen (secondary N) is 1. The van der Waals surface area contributed by atoms with E-state index >= 15 is 0 Å². The molecule has 0 aliphatic carbocycles. The second-order valence-corrected chi connectivity index (χ2v) is 5.66. The molecule has 7 nitrogen and oxygen atoms in total. The number of thiazole rings is 1. The standard InChI is InChI=1S/C15H11N3O4S/c19-10(20)7-17-14(22)12-13(21)11-9(6-16-12)23-15(18-11)8-4-2-1-3-5-8/h1-6,21H,7H2,(H,17,22)(H,19,20). The van der Waals surface area contributed by atoms with Gasteiger partial charge in [-0.05, 0) is 0 Å². The summed E-state index contributed by atoms with van der Waals surface area (Å²) in [4.78, 5) is 30.6. The van der Waals surface area contributed by atoms with Crippen LogP contribution in [0.5, 0.6) is 5.75 Å². The van der Waals surface area contributed by atoms with Crippen molar-refractivity contribution >= 4 is 33.4 Å². The van der Waals surface area contributed by atoms with Crippen molar-refractivity contribution in [3.8, 4) is 16.3 Å². The number of carbonyl (C=O) groups excluding carboxylic acids is 1. The Kier molecular flexibility index (Phi) is 3.90. The maximum Gasteiger partial charge on any atom is 0.322 e. The number of rotatable bonds is 4. The van der Waals surface area contributed by atoms with E-state index in [1.165, 1.54) is 17.5 Å². The number of carbonyl (C=O) groups is 2. The third kappa shape index (κ3) is 2.97. The lowest BCUT2D eigenvalue weighted by Crippen LogP contribution is -2.29. The summed E-state index contributed by atoms with van der Waals surface area (Å²) in [6.45, 7) is -0.551. The van der Waals surface area contributed by atoms with Gasteiger partial charge in [-0.3, -0.25) is 9.59 Å². The zero-order chi connectivity index (χ0) is 16.4. The van der Waals surface area contributed by atoms with Crippen LogP contribution >= 0.6 is 11.3 Å². The molecule has 8 heteroatoms. The first kappa shape index (κ1) is 14.9. The van der Waals surface area contributed by atoms with E-state index in [-0.39, 0.29) is 17.0 Å². The molecular weight excluding hydrogens is 318 g/mol. The van der Waals surface area contributed by atoms with Crippen LogP contribution in [-0.4, -0.2) is 38.6 Å². The lowest BCUT2D eigenvalue weighted by molar-refractivity contribution is -0.135. The molecule has 0 saturated carbocycles. The van der Waals surface area contributed by atoms with Crippen LogP contribution in [0.3, 0.4) is 0 Å². The molecule has 2 aromatic heterocycles. The van der Waals surface area contributed by atoms with Crippen LogP contribution in [-0.2, 0) is 4.79 Å². The fraction of sp³-hybridized carbons (Fsp3) is 0.0667. The monoisotopic (exact) mass is 329 g/mol. The van der Waals surface area contributed by atoms with E-state index in [2.05, 4.69) is 15.3 Å². The summed E-state index contributed by atoms with van der Waals surface area (Å²) in [6, 6.07) is 9.43. The molecule has 0 spiro atoms. The minimum Gasteiger partial charge on any atom is -0.504 e. The summed E-state index contributed by atoms with van der Waals surface area (Å²) >= 11 is 1.34. The fourth-order valence-corrected chi connectivity index (χ4v) is 2.94. The number of aliphatic carboxylic acids is 1. The van der Waals surface area contributed by atoms with Crippen molar-refractivity contribution in [2.45, 2.75) is 0 Å². The van der Waals surface area contributed by atoms with Crippen LogP contribution in [0.25, 0.3) is 20.8 Å². The molecule has 2 heterocycles. The van der Waals surface area contributed by atoms with Gasteiger partial charge in [0.05, 0.1) is 4.70 Å². The lowest BCUT2D eigenvalue weighted by Gasteiger charge is -2.03. The Morgan fingerprint density at radius 3 is 2.65 bits per heavy atom. The number of pyridine rings is 1. The quantitative estimate of drug-likeness (QED) is 0.673. The molecule has 116 valence electrons. The van der Waals surface area contributed by atoms with Gasteiger partial charge < -0.3 is 15.5 Å². The highest BCUT2D eigenvalue weighted by molar-refractivity contribution is 7.21. The number of amides is 1. The fourth-order valence-electron chi connectivity index (χ4n) is 2.00. The zero-order valence-electron chi connectivity index (χ0n) is 11.7. The van der Waals surface area contributed by atoms with Gasteiger partial charge in [-0.25, -0.2) is 9.97 Å². The Bertz CT molecular complexity index is 892. The summed E-state index contributed by atoms with van der Waals surface area (Å²) in [5.74, 6) is -2.30. The first-order chi connectivity index (χ1) is 11.1. The average Bonchev–Trinajstić information content (AvgIpc) is 2.99. The van der Waals surface area contributed by atoms with Crippen molar-refractivity contribution in [2.75, 3.05) is 6.54 Å². The lowest BCUT2D eigenvalue weighted by atomic mass is 10.2. The number of carboxylic acids is 1. The Labute approximate surface area is 134 Å². The summed E-state index contributed by atoms with van der Waals surface area (Å²) in [6.07, 6.45) is 1.44. The molecule has 1 aromatic carbocycles. The second kappa shape index (κ2) is 6.01. The molecule has 3 rings (SSSR count). The Morgan fingerprint density at radius 2 is 1.96 bits per heavy atom. The Morgan fingerprint density at radius 1 is 1.22 bits per heavy atom. The van der Waals surface area contributed by atoms with E-state index in [1.54, 1.807) is 0 Å². The predicted molar refractivity (Wildman–Crippen MR) is 84.5 cm³/mol. The van der Waals surface area contributed by atoms with Crippen LogP contribution in [0.2, 0.25) is 0 Å². The molecule has 3 N–H and O–H groups in total. The third-order valence-corrected chi connectivity index (χ3v) is 4.09. The number of fused-ring (bicyclic) bond motifs is 1. The number of benzene rings is 1. The maximum atomic E-state index is 11.9. The van der Waals surface area contributed by atoms with Gasteiger partial charge in [0.2, 0.25) is 0 Å². The molecule has 3 aromatic rings. The summed E-state index contributed by atoms with van der Waals surface area (Å²) in [5, 5.41) is 21.6. The molecule has 0 aliphatic rings. The van der Waals surface area contributed by atoms with Gasteiger partial charge in [0.1, 0.15) is 17.1 Å². The van der Waals surface area contributed by atoms with E-state index in [0.29, 0.717) is 9.71 Å². The van der Waals surface area contributed by atoms with Crippen molar-refractivity contribution < 1.29 is 19.8 Å². The van der Waals surface area contributed by atoms with Crippen LogP contribution in [0.4, 0.5) is 0 Å². The van der Waals surface area contributed by atoms with Gasteiger partial charge in [-0.2, -0.15) is 0 Å². The number of aromatic hydroxyl groups is 1. The van der Waals surface area contributed by atoms with E-state index in [0.717, 1.165) is 5.56 Å². The molecule has 23 heavy (non-hydrogen) atoms. The molecule has 0 unspecified atom stereocenters. The van der Waals surface area contributed by atoms with Crippen molar-refractivity contribution in [1.82, 2.24) is 15.3 Å². The van der Waals surface area contributed by atoms with E-state index in [1.807, 2.05) is 30.3 Å². The molecule has 0 fully saturated rings. The first-order valence-electron chi connectivity index (χ1n) is 6.60. The third-order valence-electron chi connectivity index (χ3n) is 3.05. The molecule has 0 atom stereocenters. The normalized spacial score (nSPS) is 10.6. The molecule has 0 aliphatic heterocycles. The van der Waals surface area contributed by atoms with E-state index < -0.39 is 18.4 Å². The van der Waals surface area contributed by atoms with Crippen molar-refractivity contribution in [3.63, 3.8) is 0 Å². The van der Waals surface area contributed by atoms with Crippen LogP contribution in [0.15, 0.2) is 36.5 Å². The number of hydrogen-bond acceptors (Lipinski definition) is 6. The van der Waals surface area contributed by atoms with Crippen LogP contribution < -0.4 is 5.32 Å². The smallest absolute Gasteiger partial charge is 0.322 e. The number of hydrogen-bond donors (Lipinski definition) is 3. The minimum atomic E-state index is -1.18. The van der Waals surface area contributed by atoms with Gasteiger partial charge in [0, 0.05) is 11.8 Å². The zero-order valence-corrected chi connectivity index (χ0v) is 12.5. The van der Waals surface area contributed by atoms with Gasteiger partial charge in [-0.1, -0.05) is 30.3 Å². The second-order valence-electron chi connectivity index (χ2n) is 4.63. The number of aromatic nitrogens is 2. The van der Waals surface area contributed by atoms with Crippen molar-refractivity contribution in [1.29, 1.82) is 0 Å². The van der Waals surface area contributed by atoms with Gasteiger partial charge in [0.15, 0.2) is 11.4 Å². The largest absolute Gasteiger partial charge is 0.504 e. The highest BCUT2D eigenvalue weighted by atomic mass is 32.1. The summed E-state index contributed by atoms with van der Waals surface area (Å²) in [7, 11) is 0. The SMILES string of the molecule is O=C(O)CNC(=O)c1ncc2sc(-c3ccccc3)nc2c1O. The van der Waals surface area contributed by atoms with Crippen LogP contribution in [0, 0.1) is 0 Å². The summed E-state index contributed by atoms with van der Waals surface area (Å²) < 4.78 is 0.635. The van der Waals surface area contributed by atoms with Gasteiger partial charge >= 0.3 is 5.97 Å². The molecule has 0 radical (unpaired) electrons. The molecular formula is C15H11N3O4S. The van der Waals surface area contributed by atoms with Crippen LogP contribution in [0.1, 0.15) is 10.5 Å². The van der Waals surface area contributed by atoms with E-state index in [4.69, 9.17) is 5.11 Å². The Balaban J connectivity index is 1.99. The highest BCUT2D eigenvalue weighted by Gasteiger charge is 2.19. The van der Waals surface area contributed by atoms with Crippen molar-refractivity contribution in [2.24, 2.45) is 0 Å².